The molecule has 1 aromatic carbocycles. The van der Waals surface area contributed by atoms with Crippen LogP contribution in [0.1, 0.15) is 29.7 Å². The lowest BCUT2D eigenvalue weighted by Crippen LogP contribution is -2.21. The van der Waals surface area contributed by atoms with E-state index in [-0.39, 0.29) is 6.04 Å². The van der Waals surface area contributed by atoms with Gasteiger partial charge in [-0.1, -0.05) is 18.2 Å². The van der Waals surface area contributed by atoms with Crippen molar-refractivity contribution in [1.82, 2.24) is 4.98 Å². The molecule has 1 aromatic heterocycles. The lowest BCUT2D eigenvalue weighted by molar-refractivity contribution is 0.788. The number of hydrogen-bond donors (Lipinski definition) is 1. The van der Waals surface area contributed by atoms with Crippen molar-refractivity contribution in [2.75, 3.05) is 11.9 Å². The highest BCUT2D eigenvalue weighted by atomic mass is 15.2. The summed E-state index contributed by atoms with van der Waals surface area (Å²) in [4.78, 5) is 6.47. The molecule has 1 unspecified atom stereocenters. The molecule has 0 aliphatic carbocycles. The summed E-state index contributed by atoms with van der Waals surface area (Å²) in [5.74, 6) is 0.880. The summed E-state index contributed by atoms with van der Waals surface area (Å²) >= 11 is 0. The van der Waals surface area contributed by atoms with Gasteiger partial charge in [-0.3, -0.25) is 0 Å². The maximum atomic E-state index is 8.94. The third-order valence-electron chi connectivity index (χ3n) is 3.14. The molecule has 4 nitrogen and oxygen atoms in total. The van der Waals surface area contributed by atoms with Crippen molar-refractivity contribution in [2.24, 2.45) is 5.73 Å². The van der Waals surface area contributed by atoms with Crippen molar-refractivity contribution in [3.8, 4) is 6.07 Å². The minimum atomic E-state index is -0.0633. The zero-order valence-electron chi connectivity index (χ0n) is 11.7. The first-order valence-electron chi connectivity index (χ1n) is 6.52. The average molecular weight is 266 g/mol. The number of pyridine rings is 1. The molecule has 0 saturated heterocycles. The molecule has 2 aromatic rings. The minimum Gasteiger partial charge on any atom is -0.355 e. The summed E-state index contributed by atoms with van der Waals surface area (Å²) in [6, 6.07) is 13.6. The second kappa shape index (κ2) is 6.18. The predicted octanol–water partition coefficient (Wildman–Crippen LogP) is 2.61. The minimum absolute atomic E-state index is 0.0633. The quantitative estimate of drug-likeness (QED) is 0.923. The van der Waals surface area contributed by atoms with Gasteiger partial charge in [0.15, 0.2) is 0 Å². The maximum Gasteiger partial charge on any atom is 0.133 e. The summed E-state index contributed by atoms with van der Waals surface area (Å²) < 4.78 is 0. The Hall–Kier alpha value is -2.38. The molecule has 102 valence electrons. The molecule has 0 aliphatic rings. The normalized spacial score (nSPS) is 11.7. The molecule has 4 heteroatoms. The van der Waals surface area contributed by atoms with E-state index in [0.717, 1.165) is 16.9 Å². The smallest absolute Gasteiger partial charge is 0.133 e. The highest BCUT2D eigenvalue weighted by Crippen LogP contribution is 2.22. The van der Waals surface area contributed by atoms with Gasteiger partial charge in [-0.15, -0.1) is 0 Å². The van der Waals surface area contributed by atoms with Crippen LogP contribution >= 0.6 is 0 Å². The molecule has 1 atom stereocenters. The Morgan fingerprint density at radius 2 is 2.15 bits per heavy atom. The van der Waals surface area contributed by atoms with E-state index >= 15 is 0 Å². The van der Waals surface area contributed by atoms with E-state index in [1.54, 1.807) is 12.3 Å². The van der Waals surface area contributed by atoms with E-state index in [1.165, 1.54) is 0 Å². The van der Waals surface area contributed by atoms with Crippen LogP contribution in [0, 0.1) is 11.3 Å². The van der Waals surface area contributed by atoms with Gasteiger partial charge >= 0.3 is 0 Å². The molecule has 0 fully saturated rings. The Morgan fingerprint density at radius 3 is 2.85 bits per heavy atom. The fourth-order valence-electron chi connectivity index (χ4n) is 2.17. The third kappa shape index (κ3) is 3.14. The molecule has 2 N–H and O–H groups in total. The Kier molecular flexibility index (Phi) is 4.34. The molecule has 0 spiro atoms. The topological polar surface area (TPSA) is 65.9 Å². The zero-order valence-corrected chi connectivity index (χ0v) is 11.7. The van der Waals surface area contributed by atoms with Gasteiger partial charge in [-0.05, 0) is 30.7 Å². The van der Waals surface area contributed by atoms with E-state index in [0.29, 0.717) is 12.1 Å². The number of aromatic nitrogens is 1. The van der Waals surface area contributed by atoms with Crippen LogP contribution in [0.2, 0.25) is 0 Å². The van der Waals surface area contributed by atoms with Crippen molar-refractivity contribution in [3.63, 3.8) is 0 Å². The van der Waals surface area contributed by atoms with E-state index < -0.39 is 0 Å². The largest absolute Gasteiger partial charge is 0.355 e. The summed E-state index contributed by atoms with van der Waals surface area (Å²) in [7, 11) is 1.98. The molecule has 0 radical (unpaired) electrons. The third-order valence-corrected chi connectivity index (χ3v) is 3.14. The average Bonchev–Trinajstić information content (AvgIpc) is 2.47. The molecule has 1 heterocycles. The van der Waals surface area contributed by atoms with Crippen molar-refractivity contribution in [1.29, 1.82) is 5.26 Å². The Bertz CT molecular complexity index is 628. The van der Waals surface area contributed by atoms with Crippen LogP contribution in [-0.4, -0.2) is 12.0 Å². The highest BCUT2D eigenvalue weighted by molar-refractivity contribution is 5.48. The fraction of sp³-hybridized carbons (Fsp3) is 0.250. The van der Waals surface area contributed by atoms with E-state index in [9.17, 15) is 0 Å². The highest BCUT2D eigenvalue weighted by Gasteiger charge is 2.12. The number of nitriles is 1. The fourth-order valence-corrected chi connectivity index (χ4v) is 2.17. The SMILES string of the molecule is CC(N)c1cccnc1N(C)Cc1cccc(C#N)c1. The van der Waals surface area contributed by atoms with Crippen molar-refractivity contribution in [3.05, 3.63) is 59.3 Å². The van der Waals surface area contributed by atoms with Gasteiger partial charge in [-0.2, -0.15) is 5.26 Å². The van der Waals surface area contributed by atoms with Crippen molar-refractivity contribution in [2.45, 2.75) is 19.5 Å². The summed E-state index contributed by atoms with van der Waals surface area (Å²) in [6.45, 7) is 2.64. The first kappa shape index (κ1) is 14.0. The lowest BCUT2D eigenvalue weighted by atomic mass is 10.1. The van der Waals surface area contributed by atoms with Gasteiger partial charge in [0.2, 0.25) is 0 Å². The summed E-state index contributed by atoms with van der Waals surface area (Å²) in [5, 5.41) is 8.94. The van der Waals surface area contributed by atoms with Crippen molar-refractivity contribution >= 4 is 5.82 Å². The van der Waals surface area contributed by atoms with Crippen molar-refractivity contribution < 1.29 is 0 Å². The number of nitrogens with zero attached hydrogens (tertiary/aromatic N) is 3. The van der Waals surface area contributed by atoms with Gasteiger partial charge < -0.3 is 10.6 Å². The molecule has 2 rings (SSSR count). The first-order chi connectivity index (χ1) is 9.61. The number of nitrogens with two attached hydrogens (primary N) is 1. The molecule has 0 saturated carbocycles. The number of hydrogen-bond acceptors (Lipinski definition) is 4. The molecular weight excluding hydrogens is 248 g/mol. The van der Waals surface area contributed by atoms with E-state index in [1.807, 2.05) is 44.3 Å². The molecule has 0 aliphatic heterocycles. The first-order valence-corrected chi connectivity index (χ1v) is 6.52. The second-order valence-corrected chi connectivity index (χ2v) is 4.87. The van der Waals surface area contributed by atoms with Crippen LogP contribution < -0.4 is 10.6 Å². The molecular formula is C16H18N4. The van der Waals surface area contributed by atoms with Crippen LogP contribution in [-0.2, 0) is 6.54 Å². The van der Waals surface area contributed by atoms with Crippen LogP contribution in [0.3, 0.4) is 0 Å². The van der Waals surface area contributed by atoms with Crippen LogP contribution in [0.5, 0.6) is 0 Å². The zero-order chi connectivity index (χ0) is 14.5. The second-order valence-electron chi connectivity index (χ2n) is 4.87. The Morgan fingerprint density at radius 1 is 1.35 bits per heavy atom. The Balaban J connectivity index is 2.24. The molecule has 0 amide bonds. The number of anilines is 1. The predicted molar refractivity (Wildman–Crippen MR) is 80.1 cm³/mol. The lowest BCUT2D eigenvalue weighted by Gasteiger charge is -2.22. The van der Waals surface area contributed by atoms with E-state index in [2.05, 4.69) is 16.0 Å². The Labute approximate surface area is 119 Å². The van der Waals surface area contributed by atoms with Crippen LogP contribution in [0.25, 0.3) is 0 Å². The standard InChI is InChI=1S/C16H18N4/c1-12(18)15-7-4-8-19-16(15)20(2)11-14-6-3-5-13(9-14)10-17/h3-9,12H,11,18H2,1-2H3. The van der Waals surface area contributed by atoms with Gasteiger partial charge in [0, 0.05) is 31.4 Å². The number of rotatable bonds is 4. The summed E-state index contributed by atoms with van der Waals surface area (Å²) in [6.07, 6.45) is 1.77. The number of benzene rings is 1. The van der Waals surface area contributed by atoms with Crippen LogP contribution in [0.4, 0.5) is 5.82 Å². The molecule has 0 bridgehead atoms. The van der Waals surface area contributed by atoms with Crippen LogP contribution in [0.15, 0.2) is 42.6 Å². The van der Waals surface area contributed by atoms with E-state index in [4.69, 9.17) is 11.0 Å². The van der Waals surface area contributed by atoms with Gasteiger partial charge in [0.1, 0.15) is 5.82 Å². The van der Waals surface area contributed by atoms with Gasteiger partial charge in [-0.25, -0.2) is 4.98 Å². The van der Waals surface area contributed by atoms with Gasteiger partial charge in [0.05, 0.1) is 11.6 Å². The summed E-state index contributed by atoms with van der Waals surface area (Å²) in [5.41, 5.74) is 8.75. The van der Waals surface area contributed by atoms with Gasteiger partial charge in [0.25, 0.3) is 0 Å². The molecule has 20 heavy (non-hydrogen) atoms. The monoisotopic (exact) mass is 266 g/mol. The maximum absolute atomic E-state index is 8.94.